The molecule has 2 aromatic rings. The van der Waals surface area contributed by atoms with Crippen LogP contribution in [0, 0.1) is 0 Å². The Morgan fingerprint density at radius 3 is 1.69 bits per heavy atom. The van der Waals surface area contributed by atoms with Crippen LogP contribution < -0.4 is 11.1 Å². The van der Waals surface area contributed by atoms with E-state index in [4.69, 9.17) is 34.2 Å². The number of benzene rings is 2. The predicted molar refractivity (Wildman–Crippen MR) is 268 cm³/mol. The van der Waals surface area contributed by atoms with Gasteiger partial charge < -0.3 is 44.6 Å². The van der Waals surface area contributed by atoms with Gasteiger partial charge in [-0.3, -0.25) is 0 Å². The number of alkyl carbamates (subject to hydrolysis) is 1. The number of ether oxygens (including phenoxy) is 6. The van der Waals surface area contributed by atoms with Gasteiger partial charge in [0.2, 0.25) is 0 Å². The number of nitrogens with one attached hydrogen (secondary N) is 1. The van der Waals surface area contributed by atoms with E-state index >= 15 is 0 Å². The van der Waals surface area contributed by atoms with Crippen molar-refractivity contribution in [3.63, 3.8) is 0 Å². The second-order valence-corrected chi connectivity index (χ2v) is 19.5. The average molecular weight is 937 g/mol. The molecule has 2 saturated heterocycles. The molecule has 380 valence electrons. The van der Waals surface area contributed by atoms with Crippen molar-refractivity contribution < 1.29 is 43.1 Å². The smallest absolute Gasteiger partial charge is 0.407 e. The highest BCUT2D eigenvalue weighted by atomic mass is 16.7. The number of carbonyl (C=O) groups is 2. The first-order valence-corrected chi connectivity index (χ1v) is 26.8. The number of unbranched alkanes of at least 4 members (excludes halogenated alkanes) is 10. The molecule has 67 heavy (non-hydrogen) atoms. The molecule has 1 amide bonds. The summed E-state index contributed by atoms with van der Waals surface area (Å²) in [5.74, 6) is -0.553. The summed E-state index contributed by atoms with van der Waals surface area (Å²) in [6.07, 6.45) is 22.6. The molecule has 11 heteroatoms. The Labute approximate surface area is 405 Å². The number of amides is 1. The van der Waals surface area contributed by atoms with Crippen LogP contribution in [0.15, 0.2) is 48.5 Å². The highest BCUT2D eigenvalue weighted by Crippen LogP contribution is 2.33. The number of hydrogen-bond donors (Lipinski definition) is 3. The number of methoxy groups -OCH3 is 1. The van der Waals surface area contributed by atoms with E-state index in [9.17, 15) is 14.7 Å². The lowest BCUT2D eigenvalue weighted by atomic mass is 9.78. The molecule has 4 rings (SSSR count). The standard InChI is InChI=1S/C56H92N2O9/c1-5-8-10-12-14-16-23-45-27-31-47(32-28-45)35-39-55(57,38-22-44-65-50-25-18-20-42-64-50)52(59)49(67-51-26-19-21-43-66-51)37-41-56(53(60)63-7-3,58-54(61)62-4)40-36-48-33-29-46(30-34-48)24-17-15-13-11-9-6-2/h27-34,49-52,59H,5-26,35-44,57H2,1-4H3,(H,58,61). The molecule has 0 bridgehead atoms. The third-order valence-electron chi connectivity index (χ3n) is 14.1. The number of aryl methyl sites for hydroxylation is 4. The minimum Gasteiger partial charge on any atom is -0.464 e. The summed E-state index contributed by atoms with van der Waals surface area (Å²) in [4.78, 5) is 27.4. The number of carbonyl (C=O) groups excluding carboxylic acids is 2. The molecule has 2 heterocycles. The van der Waals surface area contributed by atoms with E-state index in [2.05, 4.69) is 67.7 Å². The van der Waals surface area contributed by atoms with Gasteiger partial charge in [0.25, 0.3) is 0 Å². The molecule has 2 aromatic carbocycles. The Kier molecular flexibility index (Phi) is 27.6. The van der Waals surface area contributed by atoms with E-state index in [0.717, 1.165) is 56.1 Å². The van der Waals surface area contributed by atoms with Gasteiger partial charge >= 0.3 is 12.1 Å². The normalized spacial score (nSPS) is 19.2. The summed E-state index contributed by atoms with van der Waals surface area (Å²) < 4.78 is 35.7. The average Bonchev–Trinajstić information content (AvgIpc) is 3.36. The second kappa shape index (κ2) is 32.7. The molecular weight excluding hydrogens is 845 g/mol. The van der Waals surface area contributed by atoms with Crippen LogP contribution in [0.4, 0.5) is 4.79 Å². The molecule has 0 radical (unpaired) electrons. The lowest BCUT2D eigenvalue weighted by Gasteiger charge is -2.42. The van der Waals surface area contributed by atoms with Crippen LogP contribution >= 0.6 is 0 Å². The third kappa shape index (κ3) is 21.2. The summed E-state index contributed by atoms with van der Waals surface area (Å²) in [5.41, 5.74) is 9.75. The van der Waals surface area contributed by atoms with Gasteiger partial charge in [-0.1, -0.05) is 127 Å². The molecule has 2 aliphatic heterocycles. The number of rotatable bonds is 35. The lowest BCUT2D eigenvalue weighted by molar-refractivity contribution is -0.217. The lowest BCUT2D eigenvalue weighted by Crippen LogP contribution is -2.59. The van der Waals surface area contributed by atoms with Crippen molar-refractivity contribution in [2.24, 2.45) is 5.73 Å². The van der Waals surface area contributed by atoms with E-state index in [1.165, 1.54) is 95.3 Å². The van der Waals surface area contributed by atoms with E-state index in [1.54, 1.807) is 6.92 Å². The largest absolute Gasteiger partial charge is 0.464 e. The van der Waals surface area contributed by atoms with Gasteiger partial charge in [-0.05, 0) is 145 Å². The monoisotopic (exact) mass is 937 g/mol. The first-order chi connectivity index (χ1) is 32.6. The van der Waals surface area contributed by atoms with Crippen LogP contribution in [0.5, 0.6) is 0 Å². The Bertz CT molecular complexity index is 1600. The first-order valence-electron chi connectivity index (χ1n) is 26.8. The SMILES string of the molecule is CCCCCCCCc1ccc(CCC(CCC(OC2CCCCO2)C(O)C(N)(CCCOC2CCCCO2)CCc2ccc(CCCCCCCC)cc2)(NC(=O)OC)C(=O)OCC)cc1. The minimum absolute atomic E-state index is 0.115. The van der Waals surface area contributed by atoms with Gasteiger partial charge in [-0.15, -0.1) is 0 Å². The molecule has 0 saturated carbocycles. The Balaban J connectivity index is 1.55. The van der Waals surface area contributed by atoms with Crippen molar-refractivity contribution in [3.8, 4) is 0 Å². The summed E-state index contributed by atoms with van der Waals surface area (Å²) in [5, 5.41) is 15.6. The number of hydrogen-bond acceptors (Lipinski definition) is 10. The van der Waals surface area contributed by atoms with Crippen LogP contribution in [0.2, 0.25) is 0 Å². The highest BCUT2D eigenvalue weighted by molar-refractivity contribution is 5.85. The van der Waals surface area contributed by atoms with Crippen LogP contribution in [0.3, 0.4) is 0 Å². The Hall–Kier alpha value is -3.06. The van der Waals surface area contributed by atoms with Gasteiger partial charge in [0, 0.05) is 25.4 Å². The molecule has 11 nitrogen and oxygen atoms in total. The minimum atomic E-state index is -1.47. The summed E-state index contributed by atoms with van der Waals surface area (Å²) in [6, 6.07) is 17.4. The number of nitrogens with two attached hydrogens (primary N) is 1. The maximum Gasteiger partial charge on any atom is 0.407 e. The van der Waals surface area contributed by atoms with Gasteiger partial charge in [-0.25, -0.2) is 9.59 Å². The quantitative estimate of drug-likeness (QED) is 0.0451. The summed E-state index contributed by atoms with van der Waals surface area (Å²) in [7, 11) is 1.29. The van der Waals surface area contributed by atoms with Gasteiger partial charge in [0.05, 0.1) is 25.9 Å². The van der Waals surface area contributed by atoms with Gasteiger partial charge in [-0.2, -0.15) is 0 Å². The molecule has 0 aromatic heterocycles. The Morgan fingerprint density at radius 2 is 1.18 bits per heavy atom. The van der Waals surface area contributed by atoms with E-state index in [0.29, 0.717) is 58.3 Å². The second-order valence-electron chi connectivity index (χ2n) is 19.5. The molecule has 6 atom stereocenters. The van der Waals surface area contributed by atoms with E-state index < -0.39 is 41.6 Å². The van der Waals surface area contributed by atoms with Crippen LogP contribution in [-0.2, 0) is 58.9 Å². The van der Waals surface area contributed by atoms with Crippen molar-refractivity contribution in [1.29, 1.82) is 0 Å². The molecule has 6 unspecified atom stereocenters. The molecule has 2 aliphatic rings. The number of esters is 1. The summed E-state index contributed by atoms with van der Waals surface area (Å²) >= 11 is 0. The van der Waals surface area contributed by atoms with Crippen LogP contribution in [0.1, 0.15) is 197 Å². The van der Waals surface area contributed by atoms with Crippen LogP contribution in [-0.4, -0.2) is 86.6 Å². The molecular formula is C56H92N2O9. The molecule has 4 N–H and O–H groups in total. The zero-order chi connectivity index (χ0) is 48.0. The highest BCUT2D eigenvalue weighted by Gasteiger charge is 2.45. The van der Waals surface area contributed by atoms with Crippen molar-refractivity contribution in [2.75, 3.05) is 33.5 Å². The molecule has 2 fully saturated rings. The van der Waals surface area contributed by atoms with E-state index in [1.807, 2.05) is 0 Å². The molecule has 0 aliphatic carbocycles. The topological polar surface area (TPSA) is 148 Å². The first kappa shape index (κ1) is 56.5. The third-order valence-corrected chi connectivity index (χ3v) is 14.1. The zero-order valence-electron chi connectivity index (χ0n) is 42.3. The van der Waals surface area contributed by atoms with Crippen molar-refractivity contribution in [1.82, 2.24) is 5.32 Å². The van der Waals surface area contributed by atoms with Crippen molar-refractivity contribution >= 4 is 12.1 Å². The Morgan fingerprint density at radius 1 is 0.672 bits per heavy atom. The van der Waals surface area contributed by atoms with Crippen molar-refractivity contribution in [2.45, 2.75) is 236 Å². The fourth-order valence-corrected chi connectivity index (χ4v) is 9.67. The summed E-state index contributed by atoms with van der Waals surface area (Å²) in [6.45, 7) is 8.10. The van der Waals surface area contributed by atoms with Gasteiger partial charge in [0.1, 0.15) is 5.54 Å². The number of aliphatic hydroxyl groups is 1. The van der Waals surface area contributed by atoms with Crippen LogP contribution in [0.25, 0.3) is 0 Å². The maximum absolute atomic E-state index is 14.2. The molecule has 0 spiro atoms. The van der Waals surface area contributed by atoms with E-state index in [-0.39, 0.29) is 32.2 Å². The zero-order valence-corrected chi connectivity index (χ0v) is 42.3. The fourth-order valence-electron chi connectivity index (χ4n) is 9.67. The van der Waals surface area contributed by atoms with Crippen molar-refractivity contribution in [3.05, 3.63) is 70.8 Å². The fraction of sp³-hybridized carbons (Fsp3) is 0.750. The maximum atomic E-state index is 14.2. The van der Waals surface area contributed by atoms with Gasteiger partial charge in [0.15, 0.2) is 12.6 Å². The predicted octanol–water partition coefficient (Wildman–Crippen LogP) is 11.8. The number of aliphatic hydroxyl groups excluding tert-OH is 1.